The number of oxazole rings is 1. The summed E-state index contributed by atoms with van der Waals surface area (Å²) < 4.78 is 51.4. The number of aliphatic hydroxyl groups excluding tert-OH is 1. The number of anilines is 1. The van der Waals surface area contributed by atoms with Gasteiger partial charge < -0.3 is 24.4 Å². The van der Waals surface area contributed by atoms with Crippen molar-refractivity contribution in [3.63, 3.8) is 0 Å². The number of β-amino-alcohol motifs (C(OH)–C–C–N with tert-alkyl or cyclic N) is 1. The van der Waals surface area contributed by atoms with Crippen LogP contribution >= 0.6 is 0 Å². The molecule has 2 atom stereocenters. The molecule has 0 spiro atoms. The van der Waals surface area contributed by atoms with Gasteiger partial charge in [-0.05, 0) is 61.3 Å². The van der Waals surface area contributed by atoms with Crippen molar-refractivity contribution in [1.29, 1.82) is 0 Å². The zero-order valence-electron chi connectivity index (χ0n) is 23.2. The number of benzene rings is 1. The number of pyridine rings is 1. The number of nitrogens with zero attached hydrogens (tertiary/aromatic N) is 3. The van der Waals surface area contributed by atoms with Gasteiger partial charge in [-0.1, -0.05) is 20.8 Å². The molecule has 8 nitrogen and oxygen atoms in total. The Kier molecular flexibility index (Phi) is 8.05. The Morgan fingerprint density at radius 3 is 2.51 bits per heavy atom. The van der Waals surface area contributed by atoms with Crippen molar-refractivity contribution in [2.75, 3.05) is 31.6 Å². The average Bonchev–Trinajstić information content (AvgIpc) is 3.18. The molecule has 0 bridgehead atoms. The van der Waals surface area contributed by atoms with Gasteiger partial charge in [0, 0.05) is 37.8 Å². The van der Waals surface area contributed by atoms with Crippen molar-refractivity contribution in [3.05, 3.63) is 35.4 Å². The van der Waals surface area contributed by atoms with Crippen molar-refractivity contribution in [2.45, 2.75) is 70.6 Å². The van der Waals surface area contributed by atoms with Crippen LogP contribution in [-0.4, -0.2) is 71.8 Å². The predicted octanol–water partition coefficient (Wildman–Crippen LogP) is 5.79. The number of aryl methyl sites for hydroxylation is 1. The zero-order valence-corrected chi connectivity index (χ0v) is 24.2. The van der Waals surface area contributed by atoms with Gasteiger partial charge in [0.2, 0.25) is 5.65 Å². The minimum atomic E-state index is -4.56. The Labute approximate surface area is 227 Å². The summed E-state index contributed by atoms with van der Waals surface area (Å²) in [5.41, 5.74) is 0.446. The molecule has 1 aromatic carbocycles. The molecule has 12 heteroatoms. The van der Waals surface area contributed by atoms with E-state index in [1.165, 1.54) is 6.92 Å². The van der Waals surface area contributed by atoms with Crippen LogP contribution in [0, 0.1) is 6.92 Å². The standard InChI is InChI=1S/C27H37F3N4O4Si/c1-16-11-17(27(28,29)30)12-21(36)23(16)20-7-8-22-24(32-20)33-25(38-22)31-18-13-19(35)15-34(14-18)9-10-37-39(5,6)26(2,3)4/h7-8,11-12,18-19,35-36H,9-10,13-15H2,1-6H3,(H,31,32,33)/t18-,19+/m1/s1. The highest BCUT2D eigenvalue weighted by molar-refractivity contribution is 6.74. The Hall–Kier alpha value is -2.67. The number of piperidine rings is 1. The van der Waals surface area contributed by atoms with E-state index in [0.717, 1.165) is 6.07 Å². The average molecular weight is 567 g/mol. The van der Waals surface area contributed by atoms with Crippen LogP contribution in [0.3, 0.4) is 0 Å². The number of phenols is 1. The molecule has 1 aliphatic heterocycles. The van der Waals surface area contributed by atoms with Crippen LogP contribution in [0.5, 0.6) is 5.75 Å². The molecular weight excluding hydrogens is 529 g/mol. The van der Waals surface area contributed by atoms with Crippen LogP contribution in [-0.2, 0) is 10.6 Å². The number of fused-ring (bicyclic) bond motifs is 1. The third-order valence-corrected chi connectivity index (χ3v) is 12.2. The number of phenolic OH excluding ortho intramolecular Hbond substituents is 1. The van der Waals surface area contributed by atoms with Crippen molar-refractivity contribution in [2.24, 2.45) is 0 Å². The summed E-state index contributed by atoms with van der Waals surface area (Å²) in [5.74, 6) is -0.509. The van der Waals surface area contributed by atoms with Crippen molar-refractivity contribution in [3.8, 4) is 17.0 Å². The molecule has 3 aromatic rings. The molecular formula is C27H37F3N4O4Si. The first-order valence-electron chi connectivity index (χ1n) is 13.0. The fourth-order valence-corrected chi connectivity index (χ4v) is 5.59. The normalized spacial score (nSPS) is 19.5. The molecule has 3 N–H and O–H groups in total. The van der Waals surface area contributed by atoms with E-state index in [1.807, 2.05) is 0 Å². The number of aliphatic hydroxyl groups is 1. The van der Waals surface area contributed by atoms with Crippen LogP contribution in [0.25, 0.3) is 22.5 Å². The second-order valence-electron chi connectivity index (χ2n) is 11.8. The quantitative estimate of drug-likeness (QED) is 0.309. The Morgan fingerprint density at radius 2 is 1.87 bits per heavy atom. The molecule has 2 aromatic heterocycles. The summed E-state index contributed by atoms with van der Waals surface area (Å²) in [5, 5.41) is 24.2. The summed E-state index contributed by atoms with van der Waals surface area (Å²) in [6.45, 7) is 15.1. The fraction of sp³-hybridized carbons (Fsp3) is 0.556. The molecule has 4 rings (SSSR count). The van der Waals surface area contributed by atoms with E-state index in [-0.39, 0.29) is 39.6 Å². The Morgan fingerprint density at radius 1 is 1.15 bits per heavy atom. The maximum atomic E-state index is 13.1. The van der Waals surface area contributed by atoms with Gasteiger partial charge in [-0.2, -0.15) is 18.2 Å². The summed E-state index contributed by atoms with van der Waals surface area (Å²) in [4.78, 5) is 11.0. The van der Waals surface area contributed by atoms with E-state index in [9.17, 15) is 23.4 Å². The van der Waals surface area contributed by atoms with E-state index in [1.54, 1.807) is 12.1 Å². The molecule has 1 saturated heterocycles. The van der Waals surface area contributed by atoms with E-state index < -0.39 is 31.9 Å². The molecule has 214 valence electrons. The first-order valence-corrected chi connectivity index (χ1v) is 15.9. The summed E-state index contributed by atoms with van der Waals surface area (Å²) in [6.07, 6.45) is -4.55. The maximum Gasteiger partial charge on any atom is 0.416 e. The van der Waals surface area contributed by atoms with Crippen LogP contribution < -0.4 is 5.32 Å². The second-order valence-corrected chi connectivity index (χ2v) is 16.6. The highest BCUT2D eigenvalue weighted by Gasteiger charge is 2.37. The van der Waals surface area contributed by atoms with E-state index in [2.05, 4.69) is 54.0 Å². The molecule has 0 amide bonds. The third-order valence-electron chi connectivity index (χ3n) is 7.66. The number of nitrogens with one attached hydrogen (secondary N) is 1. The summed E-state index contributed by atoms with van der Waals surface area (Å²) in [6, 6.07) is 4.98. The smallest absolute Gasteiger partial charge is 0.416 e. The largest absolute Gasteiger partial charge is 0.507 e. The summed E-state index contributed by atoms with van der Waals surface area (Å²) >= 11 is 0. The number of aromatic nitrogens is 2. The zero-order chi connectivity index (χ0) is 28.8. The van der Waals surface area contributed by atoms with Gasteiger partial charge in [0.25, 0.3) is 6.01 Å². The lowest BCUT2D eigenvalue weighted by molar-refractivity contribution is -0.137. The lowest BCUT2D eigenvalue weighted by atomic mass is 10.0. The van der Waals surface area contributed by atoms with Gasteiger partial charge in [-0.25, -0.2) is 4.98 Å². The molecule has 0 saturated carbocycles. The molecule has 1 aliphatic rings. The lowest BCUT2D eigenvalue weighted by Crippen LogP contribution is -2.50. The van der Waals surface area contributed by atoms with Crippen LogP contribution in [0.2, 0.25) is 18.1 Å². The predicted molar refractivity (Wildman–Crippen MR) is 146 cm³/mol. The number of likely N-dealkylation sites (tertiary alicyclic amines) is 1. The fourth-order valence-electron chi connectivity index (χ4n) is 4.55. The van der Waals surface area contributed by atoms with Gasteiger partial charge in [-0.3, -0.25) is 4.90 Å². The number of hydrogen-bond donors (Lipinski definition) is 3. The van der Waals surface area contributed by atoms with Crippen LogP contribution in [0.15, 0.2) is 28.7 Å². The van der Waals surface area contributed by atoms with Crippen molar-refractivity contribution >= 4 is 25.6 Å². The first kappa shape index (κ1) is 29.3. The SMILES string of the molecule is Cc1cc(C(F)(F)F)cc(O)c1-c1ccc2oc(N[C@@H]3C[C@H](O)CN(CCO[Si](C)(C)C(C)(C)C)C3)nc2n1. The number of hydrogen-bond acceptors (Lipinski definition) is 8. The molecule has 0 aliphatic carbocycles. The molecule has 1 fully saturated rings. The minimum absolute atomic E-state index is 0.115. The van der Waals surface area contributed by atoms with Gasteiger partial charge >= 0.3 is 6.18 Å². The lowest BCUT2D eigenvalue weighted by Gasteiger charge is -2.39. The van der Waals surface area contributed by atoms with E-state index in [0.29, 0.717) is 44.3 Å². The van der Waals surface area contributed by atoms with Crippen LogP contribution in [0.4, 0.5) is 19.2 Å². The van der Waals surface area contributed by atoms with E-state index in [4.69, 9.17) is 8.84 Å². The van der Waals surface area contributed by atoms with Gasteiger partial charge in [0.1, 0.15) is 5.75 Å². The topological polar surface area (TPSA) is 104 Å². The monoisotopic (exact) mass is 566 g/mol. The van der Waals surface area contributed by atoms with E-state index >= 15 is 0 Å². The Bertz CT molecular complexity index is 1300. The number of rotatable bonds is 7. The first-order chi connectivity index (χ1) is 18.0. The number of halogens is 3. The Balaban J connectivity index is 1.45. The molecule has 0 unspecified atom stereocenters. The molecule has 0 radical (unpaired) electrons. The highest BCUT2D eigenvalue weighted by Crippen LogP contribution is 2.39. The molecule has 3 heterocycles. The number of alkyl halides is 3. The van der Waals surface area contributed by atoms with Crippen LogP contribution in [0.1, 0.15) is 38.3 Å². The van der Waals surface area contributed by atoms with Gasteiger partial charge in [0.15, 0.2) is 13.9 Å². The van der Waals surface area contributed by atoms with Crippen molar-refractivity contribution < 1.29 is 32.2 Å². The highest BCUT2D eigenvalue weighted by atomic mass is 28.4. The summed E-state index contributed by atoms with van der Waals surface area (Å²) in [7, 11) is -1.85. The molecule has 39 heavy (non-hydrogen) atoms. The maximum absolute atomic E-state index is 13.1. The van der Waals surface area contributed by atoms with Gasteiger partial charge in [-0.15, -0.1) is 0 Å². The van der Waals surface area contributed by atoms with Crippen molar-refractivity contribution in [1.82, 2.24) is 14.9 Å². The third kappa shape index (κ3) is 6.74. The number of aromatic hydroxyl groups is 1. The second kappa shape index (κ2) is 10.7. The minimum Gasteiger partial charge on any atom is -0.507 e. The van der Waals surface area contributed by atoms with Gasteiger partial charge in [0.05, 0.1) is 17.4 Å².